The van der Waals surface area contributed by atoms with Gasteiger partial charge in [-0.15, -0.1) is 11.3 Å². The highest BCUT2D eigenvalue weighted by atomic mass is 32.1. The average Bonchev–Trinajstić information content (AvgIpc) is 3.25. The third-order valence-electron chi connectivity index (χ3n) is 4.70. The molecule has 1 saturated carbocycles. The summed E-state index contributed by atoms with van der Waals surface area (Å²) in [4.78, 5) is 14.0. The van der Waals surface area contributed by atoms with Gasteiger partial charge in [-0.25, -0.2) is 0 Å². The summed E-state index contributed by atoms with van der Waals surface area (Å²) in [7, 11) is 0. The van der Waals surface area contributed by atoms with Crippen molar-refractivity contribution in [3.8, 4) is 0 Å². The van der Waals surface area contributed by atoms with Crippen LogP contribution in [0.25, 0.3) is 0 Å². The topological polar surface area (TPSA) is 49.3 Å². The zero-order valence-corrected chi connectivity index (χ0v) is 14.0. The van der Waals surface area contributed by atoms with Gasteiger partial charge in [-0.1, -0.05) is 49.2 Å². The molecule has 2 aromatic rings. The lowest BCUT2D eigenvalue weighted by Gasteiger charge is -2.27. The zero-order chi connectivity index (χ0) is 16.1. The van der Waals surface area contributed by atoms with Crippen LogP contribution in [0.15, 0.2) is 47.8 Å². The summed E-state index contributed by atoms with van der Waals surface area (Å²) in [6.45, 7) is 0.306. The summed E-state index contributed by atoms with van der Waals surface area (Å²) in [5.74, 6) is 0.0737. The predicted octanol–water partition coefficient (Wildman–Crippen LogP) is 3.28. The van der Waals surface area contributed by atoms with Crippen LogP contribution in [0.3, 0.4) is 0 Å². The van der Waals surface area contributed by atoms with E-state index in [0.717, 1.165) is 36.1 Å². The van der Waals surface area contributed by atoms with Gasteiger partial charge in [0.15, 0.2) is 0 Å². The fourth-order valence-corrected chi connectivity index (χ4v) is 4.44. The molecule has 1 amide bonds. The number of carbonyl (C=O) groups is 1. The van der Waals surface area contributed by atoms with E-state index in [2.05, 4.69) is 11.4 Å². The molecule has 0 radical (unpaired) electrons. The van der Waals surface area contributed by atoms with Crippen LogP contribution >= 0.6 is 11.3 Å². The molecule has 1 heterocycles. The summed E-state index contributed by atoms with van der Waals surface area (Å²) < 4.78 is 0. The lowest BCUT2D eigenvalue weighted by atomic mass is 9.83. The third kappa shape index (κ3) is 3.65. The van der Waals surface area contributed by atoms with Crippen molar-refractivity contribution in [3.05, 3.63) is 58.3 Å². The molecule has 23 heavy (non-hydrogen) atoms. The van der Waals surface area contributed by atoms with Gasteiger partial charge < -0.3 is 10.4 Å². The second kappa shape index (κ2) is 7.28. The molecule has 0 spiro atoms. The number of hydrogen-bond donors (Lipinski definition) is 2. The highest BCUT2D eigenvalue weighted by molar-refractivity contribution is 7.10. The molecule has 4 heteroatoms. The van der Waals surface area contributed by atoms with Crippen LogP contribution in [-0.2, 0) is 16.6 Å². The minimum absolute atomic E-state index is 0.0737. The quantitative estimate of drug-likeness (QED) is 0.854. The summed E-state index contributed by atoms with van der Waals surface area (Å²) in [6.07, 6.45) is 4.02. The van der Waals surface area contributed by atoms with Gasteiger partial charge in [-0.3, -0.25) is 4.79 Å². The van der Waals surface area contributed by atoms with Crippen LogP contribution in [-0.4, -0.2) is 23.7 Å². The van der Waals surface area contributed by atoms with Crippen molar-refractivity contribution in [1.82, 2.24) is 5.32 Å². The average molecular weight is 329 g/mol. The molecule has 3 nitrogen and oxygen atoms in total. The second-order valence-electron chi connectivity index (χ2n) is 6.32. The molecule has 1 aliphatic carbocycles. The van der Waals surface area contributed by atoms with E-state index in [4.69, 9.17) is 0 Å². The van der Waals surface area contributed by atoms with E-state index in [1.807, 2.05) is 41.8 Å². The molecule has 3 rings (SSSR count). The normalized spacial score (nSPS) is 17.8. The van der Waals surface area contributed by atoms with Crippen molar-refractivity contribution in [1.29, 1.82) is 0 Å². The first-order valence-corrected chi connectivity index (χ1v) is 9.13. The number of amides is 1. The van der Waals surface area contributed by atoms with Crippen molar-refractivity contribution < 1.29 is 9.90 Å². The summed E-state index contributed by atoms with van der Waals surface area (Å²) in [6, 6.07) is 14.0. The molecule has 0 saturated heterocycles. The van der Waals surface area contributed by atoms with Gasteiger partial charge in [-0.2, -0.15) is 0 Å². The molecule has 1 aromatic carbocycles. The lowest BCUT2D eigenvalue weighted by molar-refractivity contribution is -0.127. The van der Waals surface area contributed by atoms with Crippen molar-refractivity contribution in [3.63, 3.8) is 0 Å². The Labute approximate surface area is 141 Å². The summed E-state index contributed by atoms with van der Waals surface area (Å²) >= 11 is 1.66. The van der Waals surface area contributed by atoms with Crippen molar-refractivity contribution >= 4 is 17.2 Å². The van der Waals surface area contributed by atoms with Crippen LogP contribution in [0.5, 0.6) is 0 Å². The number of rotatable bonds is 6. The van der Waals surface area contributed by atoms with Crippen molar-refractivity contribution in [2.24, 2.45) is 0 Å². The van der Waals surface area contributed by atoms with Gasteiger partial charge >= 0.3 is 0 Å². The maximum atomic E-state index is 12.8. The Morgan fingerprint density at radius 3 is 2.57 bits per heavy atom. The highest BCUT2D eigenvalue weighted by Gasteiger charge is 2.43. The predicted molar refractivity (Wildman–Crippen MR) is 93.6 cm³/mol. The molecule has 122 valence electrons. The minimum atomic E-state index is -0.553. The number of thiophene rings is 1. The Morgan fingerprint density at radius 2 is 1.91 bits per heavy atom. The number of hydrogen-bond acceptors (Lipinski definition) is 3. The Bertz CT molecular complexity index is 618. The molecule has 0 bridgehead atoms. The van der Waals surface area contributed by atoms with E-state index in [0.29, 0.717) is 13.0 Å². The van der Waals surface area contributed by atoms with Gasteiger partial charge in [0, 0.05) is 17.8 Å². The van der Waals surface area contributed by atoms with E-state index in [-0.39, 0.29) is 11.3 Å². The van der Waals surface area contributed by atoms with E-state index in [9.17, 15) is 9.90 Å². The van der Waals surface area contributed by atoms with Crippen LogP contribution in [0, 0.1) is 0 Å². The Morgan fingerprint density at radius 1 is 1.17 bits per heavy atom. The summed E-state index contributed by atoms with van der Waals surface area (Å²) in [5.41, 5.74) is 0.712. The molecule has 0 aliphatic heterocycles. The number of carbonyl (C=O) groups excluding carboxylic acids is 1. The number of nitrogens with one attached hydrogen (secondary N) is 1. The highest BCUT2D eigenvalue weighted by Crippen LogP contribution is 2.43. The van der Waals surface area contributed by atoms with Crippen molar-refractivity contribution in [2.75, 3.05) is 6.54 Å². The van der Waals surface area contributed by atoms with Crippen LogP contribution in [0.2, 0.25) is 0 Å². The SMILES string of the molecule is O=C(NCC(O)Cc1ccccc1)C1(c2cccs2)CCCC1. The van der Waals surface area contributed by atoms with E-state index in [1.165, 1.54) is 0 Å². The van der Waals surface area contributed by atoms with Crippen LogP contribution < -0.4 is 5.32 Å². The van der Waals surface area contributed by atoms with Gasteiger partial charge in [0.1, 0.15) is 0 Å². The van der Waals surface area contributed by atoms with Gasteiger partial charge in [0.2, 0.25) is 5.91 Å². The smallest absolute Gasteiger partial charge is 0.231 e. The van der Waals surface area contributed by atoms with Gasteiger partial charge in [0.25, 0.3) is 0 Å². The zero-order valence-electron chi connectivity index (χ0n) is 13.2. The first kappa shape index (κ1) is 16.2. The van der Waals surface area contributed by atoms with E-state index < -0.39 is 6.10 Å². The molecule has 1 unspecified atom stereocenters. The first-order chi connectivity index (χ1) is 11.2. The summed E-state index contributed by atoms with van der Waals surface area (Å²) in [5, 5.41) is 15.2. The van der Waals surface area contributed by atoms with Crippen LogP contribution in [0.1, 0.15) is 36.1 Å². The minimum Gasteiger partial charge on any atom is -0.391 e. The number of aliphatic hydroxyl groups is 1. The van der Waals surface area contributed by atoms with E-state index in [1.54, 1.807) is 11.3 Å². The molecule has 1 aliphatic rings. The molecule has 1 fully saturated rings. The second-order valence-corrected chi connectivity index (χ2v) is 7.27. The molecular formula is C19H23NO2S. The Hall–Kier alpha value is -1.65. The van der Waals surface area contributed by atoms with Gasteiger partial charge in [-0.05, 0) is 29.9 Å². The van der Waals surface area contributed by atoms with Crippen molar-refractivity contribution in [2.45, 2.75) is 43.6 Å². The molecule has 1 aromatic heterocycles. The Kier molecular flexibility index (Phi) is 5.13. The third-order valence-corrected chi connectivity index (χ3v) is 5.77. The molecular weight excluding hydrogens is 306 g/mol. The number of aliphatic hydroxyl groups excluding tert-OH is 1. The van der Waals surface area contributed by atoms with Gasteiger partial charge in [0.05, 0.1) is 11.5 Å². The molecule has 2 N–H and O–H groups in total. The van der Waals surface area contributed by atoms with Crippen LogP contribution in [0.4, 0.5) is 0 Å². The largest absolute Gasteiger partial charge is 0.391 e. The molecule has 1 atom stereocenters. The fourth-order valence-electron chi connectivity index (χ4n) is 3.45. The fraction of sp³-hybridized carbons (Fsp3) is 0.421. The van der Waals surface area contributed by atoms with E-state index >= 15 is 0 Å². The number of benzene rings is 1. The lowest BCUT2D eigenvalue weighted by Crippen LogP contribution is -2.45. The Balaban J connectivity index is 1.60. The maximum Gasteiger partial charge on any atom is 0.231 e. The first-order valence-electron chi connectivity index (χ1n) is 8.25. The monoisotopic (exact) mass is 329 g/mol. The standard InChI is InChI=1S/C19H23NO2S/c21-16(13-15-7-2-1-3-8-15)14-20-18(22)19(10-4-5-11-19)17-9-6-12-23-17/h1-3,6-9,12,16,21H,4-5,10-11,13-14H2,(H,20,22). The maximum absolute atomic E-state index is 12.8.